The quantitative estimate of drug-likeness (QED) is 0.327. The van der Waals surface area contributed by atoms with Crippen molar-refractivity contribution >= 4 is 57.0 Å². The summed E-state index contributed by atoms with van der Waals surface area (Å²) in [7, 11) is 0. The topological polar surface area (TPSA) is 43.8 Å². The summed E-state index contributed by atoms with van der Waals surface area (Å²) in [5.74, 6) is 0.984. The Morgan fingerprint density at radius 1 is 1.11 bits per heavy atom. The maximum atomic E-state index is 4.90. The molecule has 0 bridgehead atoms. The largest absolute Gasteiger partial charge is 0.360 e. The number of guanidine groups is 1. The molecule has 5 nitrogen and oxygen atoms in total. The number of nitrogens with zero attached hydrogens (tertiary/aromatic N) is 4. The molecule has 0 unspecified atom stereocenters. The zero-order valence-electron chi connectivity index (χ0n) is 16.0. The smallest absolute Gasteiger partial charge is 0.194 e. The number of rotatable bonds is 4. The second kappa shape index (κ2) is 10.1. The third-order valence-corrected chi connectivity index (χ3v) is 5.80. The van der Waals surface area contributed by atoms with Gasteiger partial charge in [-0.05, 0) is 35.9 Å². The minimum Gasteiger partial charge on any atom is -0.360 e. The van der Waals surface area contributed by atoms with Gasteiger partial charge in [0.25, 0.3) is 0 Å². The van der Waals surface area contributed by atoms with Gasteiger partial charge >= 0.3 is 0 Å². The van der Waals surface area contributed by atoms with Crippen LogP contribution >= 0.6 is 35.3 Å². The van der Waals surface area contributed by atoms with Gasteiger partial charge in [-0.15, -0.1) is 35.3 Å². The molecule has 148 valence electrons. The summed E-state index contributed by atoms with van der Waals surface area (Å²) < 4.78 is 0. The lowest BCUT2D eigenvalue weighted by molar-refractivity contribution is 0.373. The second-order valence-corrected chi connectivity index (χ2v) is 7.50. The molecule has 0 atom stereocenters. The molecule has 4 rings (SSSR count). The van der Waals surface area contributed by atoms with Crippen molar-refractivity contribution in [1.29, 1.82) is 0 Å². The van der Waals surface area contributed by atoms with Crippen molar-refractivity contribution in [2.45, 2.75) is 13.5 Å². The van der Waals surface area contributed by atoms with Crippen molar-refractivity contribution in [2.75, 3.05) is 37.6 Å². The summed E-state index contributed by atoms with van der Waals surface area (Å²) in [4.78, 5) is 14.3. The Labute approximate surface area is 187 Å². The van der Waals surface area contributed by atoms with E-state index in [9.17, 15) is 0 Å². The van der Waals surface area contributed by atoms with Crippen LogP contribution in [0.25, 0.3) is 10.8 Å². The molecule has 0 saturated carbocycles. The average Bonchev–Trinajstić information content (AvgIpc) is 3.26. The molecule has 0 spiro atoms. The van der Waals surface area contributed by atoms with Gasteiger partial charge in [0.15, 0.2) is 5.96 Å². The van der Waals surface area contributed by atoms with Crippen molar-refractivity contribution in [3.8, 4) is 0 Å². The summed E-state index contributed by atoms with van der Waals surface area (Å²) in [6.07, 6.45) is 1.87. The van der Waals surface area contributed by atoms with E-state index in [-0.39, 0.29) is 24.0 Å². The summed E-state index contributed by atoms with van der Waals surface area (Å²) in [5, 5.41) is 9.35. The van der Waals surface area contributed by atoms with Crippen LogP contribution in [0.15, 0.2) is 59.0 Å². The van der Waals surface area contributed by atoms with Crippen molar-refractivity contribution in [2.24, 2.45) is 4.99 Å². The zero-order valence-corrected chi connectivity index (χ0v) is 19.2. The fourth-order valence-corrected chi connectivity index (χ4v) is 4.26. The zero-order chi connectivity index (χ0) is 18.5. The fourth-order valence-electron chi connectivity index (χ4n) is 3.47. The van der Waals surface area contributed by atoms with Crippen LogP contribution in [0, 0.1) is 0 Å². The molecule has 1 N–H and O–H groups in total. The number of thiophene rings is 1. The van der Waals surface area contributed by atoms with Crippen LogP contribution in [0.4, 0.5) is 5.00 Å². The fraction of sp³-hybridized carbons (Fsp3) is 0.333. The number of aliphatic imine (C=N–C) groups is 1. The molecular formula is C21H26IN5S. The molecule has 1 saturated heterocycles. The van der Waals surface area contributed by atoms with Crippen molar-refractivity contribution in [3.63, 3.8) is 0 Å². The third kappa shape index (κ3) is 4.75. The van der Waals surface area contributed by atoms with E-state index in [4.69, 9.17) is 4.99 Å². The Hall–Kier alpha value is -1.87. The molecule has 1 aliphatic heterocycles. The van der Waals surface area contributed by atoms with Crippen molar-refractivity contribution < 1.29 is 0 Å². The number of benzene rings is 1. The van der Waals surface area contributed by atoms with Crippen molar-refractivity contribution in [1.82, 2.24) is 15.2 Å². The van der Waals surface area contributed by atoms with E-state index in [1.54, 1.807) is 0 Å². The molecule has 3 heterocycles. The van der Waals surface area contributed by atoms with Gasteiger partial charge in [0.05, 0.1) is 17.2 Å². The minimum atomic E-state index is 0. The van der Waals surface area contributed by atoms with Gasteiger partial charge in [0, 0.05) is 44.3 Å². The summed E-state index contributed by atoms with van der Waals surface area (Å²) in [6, 6.07) is 14.7. The number of fused-ring (bicyclic) bond motifs is 1. The molecule has 3 aromatic rings. The average molecular weight is 507 g/mol. The summed E-state index contributed by atoms with van der Waals surface area (Å²) in [6.45, 7) is 7.59. The summed E-state index contributed by atoms with van der Waals surface area (Å²) >= 11 is 1.81. The highest BCUT2D eigenvalue weighted by atomic mass is 127. The van der Waals surface area contributed by atoms with E-state index in [1.165, 1.54) is 15.8 Å². The molecule has 28 heavy (non-hydrogen) atoms. The SMILES string of the molecule is CCNC(=NCc1nccc2ccccc12)N1CCN(c2cccs2)CC1.I. The highest BCUT2D eigenvalue weighted by Gasteiger charge is 2.20. The van der Waals surface area contributed by atoms with Gasteiger partial charge in [-0.3, -0.25) is 4.98 Å². The minimum absolute atomic E-state index is 0. The van der Waals surface area contributed by atoms with Gasteiger partial charge in [-0.2, -0.15) is 0 Å². The molecule has 2 aromatic heterocycles. The van der Waals surface area contributed by atoms with Gasteiger partial charge in [-0.1, -0.05) is 24.3 Å². The molecule has 0 radical (unpaired) electrons. The number of nitrogens with one attached hydrogen (secondary N) is 1. The van der Waals surface area contributed by atoms with E-state index < -0.39 is 0 Å². The van der Waals surface area contributed by atoms with Crippen molar-refractivity contribution in [3.05, 3.63) is 59.7 Å². The van der Waals surface area contributed by atoms with Crippen LogP contribution < -0.4 is 10.2 Å². The van der Waals surface area contributed by atoms with Crippen LogP contribution in [0.2, 0.25) is 0 Å². The number of anilines is 1. The molecule has 1 fully saturated rings. The summed E-state index contributed by atoms with van der Waals surface area (Å²) in [5.41, 5.74) is 1.03. The van der Waals surface area contributed by atoms with E-state index in [0.29, 0.717) is 6.54 Å². The Bertz CT molecular complexity index is 899. The molecular weight excluding hydrogens is 481 g/mol. The lowest BCUT2D eigenvalue weighted by Gasteiger charge is -2.37. The van der Waals surface area contributed by atoms with Gasteiger partial charge < -0.3 is 15.1 Å². The van der Waals surface area contributed by atoms with E-state index in [0.717, 1.165) is 44.4 Å². The molecule has 1 aliphatic rings. The molecule has 0 amide bonds. The number of hydrogen-bond donors (Lipinski definition) is 1. The van der Waals surface area contributed by atoms with E-state index in [1.807, 2.05) is 17.5 Å². The number of halogens is 1. The number of pyridine rings is 1. The van der Waals surface area contributed by atoms with Crippen LogP contribution in [-0.2, 0) is 6.54 Å². The second-order valence-electron chi connectivity index (χ2n) is 6.57. The maximum Gasteiger partial charge on any atom is 0.194 e. The number of aromatic nitrogens is 1. The van der Waals surface area contributed by atoms with Crippen LogP contribution in [0.5, 0.6) is 0 Å². The van der Waals surface area contributed by atoms with E-state index in [2.05, 4.69) is 74.9 Å². The first-order chi connectivity index (χ1) is 13.3. The molecule has 7 heteroatoms. The van der Waals surface area contributed by atoms with Crippen LogP contribution in [0.1, 0.15) is 12.6 Å². The van der Waals surface area contributed by atoms with Gasteiger partial charge in [0.1, 0.15) is 0 Å². The first-order valence-electron chi connectivity index (χ1n) is 9.49. The standard InChI is InChI=1S/C21H25N5S.HI/c1-2-22-21(26-13-11-25(12-14-26)20-8-5-15-27-20)24-16-19-18-7-4-3-6-17(18)9-10-23-19;/h3-10,15H,2,11-14,16H2,1H3,(H,22,24);1H. The number of hydrogen-bond acceptors (Lipinski definition) is 4. The Balaban J connectivity index is 0.00000225. The predicted molar refractivity (Wildman–Crippen MR) is 130 cm³/mol. The Morgan fingerprint density at radius 3 is 2.68 bits per heavy atom. The normalized spacial score (nSPS) is 14.8. The predicted octanol–water partition coefficient (Wildman–Crippen LogP) is 4.20. The highest BCUT2D eigenvalue weighted by molar-refractivity contribution is 14.0. The van der Waals surface area contributed by atoms with Crippen LogP contribution in [-0.4, -0.2) is 48.6 Å². The monoisotopic (exact) mass is 507 g/mol. The first kappa shape index (κ1) is 20.9. The lowest BCUT2D eigenvalue weighted by atomic mass is 10.1. The van der Waals surface area contributed by atoms with Crippen LogP contribution in [0.3, 0.4) is 0 Å². The molecule has 1 aromatic carbocycles. The van der Waals surface area contributed by atoms with Gasteiger partial charge in [-0.25, -0.2) is 4.99 Å². The van der Waals surface area contributed by atoms with Gasteiger partial charge in [0.2, 0.25) is 0 Å². The molecule has 0 aliphatic carbocycles. The number of piperazine rings is 1. The Morgan fingerprint density at radius 2 is 1.93 bits per heavy atom. The third-order valence-electron chi connectivity index (χ3n) is 4.87. The Kier molecular flexibility index (Phi) is 7.50. The lowest BCUT2D eigenvalue weighted by Crippen LogP contribution is -2.52. The first-order valence-corrected chi connectivity index (χ1v) is 10.4. The van der Waals surface area contributed by atoms with E-state index >= 15 is 0 Å². The highest BCUT2D eigenvalue weighted by Crippen LogP contribution is 2.22. The maximum absolute atomic E-state index is 4.90.